The van der Waals surface area contributed by atoms with E-state index < -0.39 is 0 Å². The van der Waals surface area contributed by atoms with Gasteiger partial charge in [0.2, 0.25) is 0 Å². The second-order valence-electron chi connectivity index (χ2n) is 5.55. The first-order valence-electron chi connectivity index (χ1n) is 6.95. The van der Waals surface area contributed by atoms with Crippen LogP contribution in [0.4, 0.5) is 0 Å². The van der Waals surface area contributed by atoms with Crippen molar-refractivity contribution >= 4 is 22.6 Å². The summed E-state index contributed by atoms with van der Waals surface area (Å²) in [7, 11) is 0. The maximum absolute atomic E-state index is 10.2. The second-order valence-corrected chi connectivity index (χ2v) is 5.99. The van der Waals surface area contributed by atoms with E-state index in [9.17, 15) is 5.11 Å². The number of phenolic OH excluding ortho intramolecular Hbond substituents is 1. The molecule has 2 aromatic carbocycles. The lowest BCUT2D eigenvalue weighted by Crippen LogP contribution is -2.03. The molecule has 0 bridgehead atoms. The number of nitrogens with zero attached hydrogens (tertiary/aromatic N) is 2. The molecule has 0 saturated carbocycles. The van der Waals surface area contributed by atoms with Crippen molar-refractivity contribution < 1.29 is 5.11 Å². The number of aryl methyl sites for hydroxylation is 1. The summed E-state index contributed by atoms with van der Waals surface area (Å²) in [5.74, 6) is 0.913. The predicted octanol–water partition coefficient (Wildman–Crippen LogP) is 4.95. The number of phenols is 1. The Morgan fingerprint density at radius 2 is 1.90 bits per heavy atom. The Balaban J connectivity index is 2.33. The minimum atomic E-state index is 0.149. The Morgan fingerprint density at radius 3 is 2.57 bits per heavy atom. The molecule has 1 N–H and O–H groups in total. The van der Waals surface area contributed by atoms with Crippen molar-refractivity contribution in [2.24, 2.45) is 0 Å². The van der Waals surface area contributed by atoms with E-state index in [2.05, 4.69) is 36.6 Å². The van der Waals surface area contributed by atoms with Gasteiger partial charge in [-0.15, -0.1) is 0 Å². The van der Waals surface area contributed by atoms with Crippen LogP contribution in [-0.4, -0.2) is 14.7 Å². The Kier molecular flexibility index (Phi) is 3.38. The molecule has 3 rings (SSSR count). The van der Waals surface area contributed by atoms with Gasteiger partial charge >= 0.3 is 0 Å². The average molecular weight is 301 g/mol. The number of rotatable bonds is 2. The third kappa shape index (κ3) is 2.38. The molecule has 0 saturated heterocycles. The van der Waals surface area contributed by atoms with Crippen LogP contribution in [0.15, 0.2) is 36.4 Å². The van der Waals surface area contributed by atoms with Gasteiger partial charge in [-0.2, -0.15) is 0 Å². The van der Waals surface area contributed by atoms with Gasteiger partial charge in [-0.25, -0.2) is 4.98 Å². The molecular weight excluding hydrogens is 284 g/mol. The lowest BCUT2D eigenvalue weighted by atomic mass is 10.1. The van der Waals surface area contributed by atoms with Crippen LogP contribution in [0, 0.1) is 6.92 Å². The van der Waals surface area contributed by atoms with E-state index in [1.165, 1.54) is 5.56 Å². The van der Waals surface area contributed by atoms with Crippen LogP contribution in [0.2, 0.25) is 5.02 Å². The van der Waals surface area contributed by atoms with Crippen LogP contribution < -0.4 is 0 Å². The van der Waals surface area contributed by atoms with Crippen LogP contribution in [0.25, 0.3) is 22.4 Å². The van der Waals surface area contributed by atoms with Crippen molar-refractivity contribution in [2.45, 2.75) is 26.8 Å². The Labute approximate surface area is 128 Å². The standard InChI is InChI=1S/C17H17ClN2O/c1-10(2)20-15-7-4-11(3)8-14(15)19-17(20)13-6-5-12(18)9-16(13)21/h4-10,21H,1-3H3. The van der Waals surface area contributed by atoms with E-state index in [-0.39, 0.29) is 11.8 Å². The number of benzene rings is 2. The summed E-state index contributed by atoms with van der Waals surface area (Å²) in [6.45, 7) is 6.27. The molecule has 0 aliphatic heterocycles. The zero-order valence-electron chi connectivity index (χ0n) is 12.3. The van der Waals surface area contributed by atoms with Crippen molar-refractivity contribution in [2.75, 3.05) is 0 Å². The first-order valence-corrected chi connectivity index (χ1v) is 7.32. The van der Waals surface area contributed by atoms with Crippen LogP contribution in [0.1, 0.15) is 25.5 Å². The highest BCUT2D eigenvalue weighted by Gasteiger charge is 2.17. The first-order chi connectivity index (χ1) is 9.97. The quantitative estimate of drug-likeness (QED) is 0.727. The summed E-state index contributed by atoms with van der Waals surface area (Å²) in [4.78, 5) is 4.72. The minimum absolute atomic E-state index is 0.149. The summed E-state index contributed by atoms with van der Waals surface area (Å²) < 4.78 is 2.14. The van der Waals surface area contributed by atoms with Gasteiger partial charge in [0.1, 0.15) is 11.6 Å². The number of fused-ring (bicyclic) bond motifs is 1. The minimum Gasteiger partial charge on any atom is -0.507 e. The molecule has 0 spiro atoms. The number of hydrogen-bond acceptors (Lipinski definition) is 2. The SMILES string of the molecule is Cc1ccc2c(c1)nc(-c1ccc(Cl)cc1O)n2C(C)C. The van der Waals surface area contributed by atoms with Gasteiger partial charge in [-0.3, -0.25) is 0 Å². The van der Waals surface area contributed by atoms with Crippen LogP contribution in [-0.2, 0) is 0 Å². The molecule has 0 aliphatic rings. The Hall–Kier alpha value is -2.00. The zero-order chi connectivity index (χ0) is 15.1. The molecule has 0 aliphatic carbocycles. The van der Waals surface area contributed by atoms with E-state index in [4.69, 9.17) is 16.6 Å². The van der Waals surface area contributed by atoms with E-state index in [1.54, 1.807) is 12.1 Å². The molecule has 4 heteroatoms. The number of aromatic hydroxyl groups is 1. The number of halogens is 1. The van der Waals surface area contributed by atoms with E-state index >= 15 is 0 Å². The topological polar surface area (TPSA) is 38.1 Å². The number of hydrogen-bond donors (Lipinski definition) is 1. The van der Waals surface area contributed by atoms with Gasteiger partial charge in [0.15, 0.2) is 0 Å². The molecule has 108 valence electrons. The summed E-state index contributed by atoms with van der Waals surface area (Å²) in [5.41, 5.74) is 3.87. The fourth-order valence-electron chi connectivity index (χ4n) is 2.62. The molecule has 0 radical (unpaired) electrons. The smallest absolute Gasteiger partial charge is 0.145 e. The van der Waals surface area contributed by atoms with Crippen molar-refractivity contribution in [3.8, 4) is 17.1 Å². The largest absolute Gasteiger partial charge is 0.507 e. The molecule has 0 fully saturated rings. The first kappa shape index (κ1) is 14.0. The third-order valence-electron chi connectivity index (χ3n) is 3.56. The van der Waals surface area contributed by atoms with E-state index in [0.29, 0.717) is 10.6 Å². The molecule has 3 aromatic rings. The van der Waals surface area contributed by atoms with Crippen molar-refractivity contribution in [1.29, 1.82) is 0 Å². The fourth-order valence-corrected chi connectivity index (χ4v) is 2.78. The van der Waals surface area contributed by atoms with Crippen molar-refractivity contribution in [3.05, 3.63) is 47.0 Å². The lowest BCUT2D eigenvalue weighted by molar-refractivity contribution is 0.476. The van der Waals surface area contributed by atoms with Crippen LogP contribution in [0.5, 0.6) is 5.75 Å². The fraction of sp³-hybridized carbons (Fsp3) is 0.235. The summed E-state index contributed by atoms with van der Waals surface area (Å²) in [5, 5.41) is 10.7. The molecular formula is C17H17ClN2O. The maximum Gasteiger partial charge on any atom is 0.145 e. The summed E-state index contributed by atoms with van der Waals surface area (Å²) >= 11 is 5.92. The molecule has 0 unspecified atom stereocenters. The van der Waals surface area contributed by atoms with E-state index in [0.717, 1.165) is 16.9 Å². The van der Waals surface area contributed by atoms with Gasteiger partial charge < -0.3 is 9.67 Å². The third-order valence-corrected chi connectivity index (χ3v) is 3.80. The zero-order valence-corrected chi connectivity index (χ0v) is 13.0. The highest BCUT2D eigenvalue weighted by molar-refractivity contribution is 6.30. The normalized spacial score (nSPS) is 11.5. The lowest BCUT2D eigenvalue weighted by Gasteiger charge is -2.14. The van der Waals surface area contributed by atoms with Gasteiger partial charge in [0.05, 0.1) is 16.6 Å². The van der Waals surface area contributed by atoms with Crippen LogP contribution in [0.3, 0.4) is 0 Å². The maximum atomic E-state index is 10.2. The average Bonchev–Trinajstić information content (AvgIpc) is 2.76. The van der Waals surface area contributed by atoms with Crippen molar-refractivity contribution in [1.82, 2.24) is 9.55 Å². The number of aromatic nitrogens is 2. The summed E-state index contributed by atoms with van der Waals surface area (Å²) in [6, 6.07) is 11.6. The number of imidazole rings is 1. The van der Waals surface area contributed by atoms with Gasteiger partial charge in [-0.1, -0.05) is 17.7 Å². The highest BCUT2D eigenvalue weighted by atomic mass is 35.5. The predicted molar refractivity (Wildman–Crippen MR) is 87.0 cm³/mol. The molecule has 1 aromatic heterocycles. The van der Waals surface area contributed by atoms with Gasteiger partial charge in [0, 0.05) is 11.1 Å². The molecule has 21 heavy (non-hydrogen) atoms. The molecule has 3 nitrogen and oxygen atoms in total. The highest BCUT2D eigenvalue weighted by Crippen LogP contribution is 2.35. The van der Waals surface area contributed by atoms with Crippen molar-refractivity contribution in [3.63, 3.8) is 0 Å². The van der Waals surface area contributed by atoms with Gasteiger partial charge in [0.25, 0.3) is 0 Å². The van der Waals surface area contributed by atoms with Gasteiger partial charge in [-0.05, 0) is 56.7 Å². The Morgan fingerprint density at radius 1 is 1.14 bits per heavy atom. The molecule has 0 amide bonds. The van der Waals surface area contributed by atoms with Crippen LogP contribution >= 0.6 is 11.6 Å². The molecule has 0 atom stereocenters. The summed E-state index contributed by atoms with van der Waals surface area (Å²) in [6.07, 6.45) is 0. The Bertz CT molecular complexity index is 821. The second kappa shape index (κ2) is 5.08. The monoisotopic (exact) mass is 300 g/mol. The van der Waals surface area contributed by atoms with E-state index in [1.807, 2.05) is 13.0 Å². The molecule has 1 heterocycles.